The van der Waals surface area contributed by atoms with Gasteiger partial charge in [0.25, 0.3) is 0 Å². The Balaban J connectivity index is 2.61. The molecule has 0 saturated carbocycles. The molecule has 48 heavy (non-hydrogen) atoms. The van der Waals surface area contributed by atoms with Gasteiger partial charge in [-0.15, -0.1) is 0 Å². The van der Waals surface area contributed by atoms with Gasteiger partial charge in [-0.2, -0.15) is 0 Å². The molecule has 1 amide bonds. The minimum absolute atomic E-state index is 0.0600. The maximum absolute atomic E-state index is 12.9. The zero-order valence-corrected chi connectivity index (χ0v) is 36.8. The molecule has 1 fully saturated rings. The molecule has 286 valence electrons. The minimum atomic E-state index is -2.05. The topological polar surface area (TPSA) is 75.2 Å². The fraction of sp³-hybridized carbons (Fsp3) is 0.974. The Labute approximate surface area is 300 Å². The molecular formula is C39H81NO6Si2. The molecule has 1 aliphatic heterocycles. The zero-order valence-electron chi connectivity index (χ0n) is 34.8. The Morgan fingerprint density at radius 2 is 1.27 bits per heavy atom. The Morgan fingerprint density at radius 1 is 0.771 bits per heavy atom. The lowest BCUT2D eigenvalue weighted by atomic mass is 9.99. The van der Waals surface area contributed by atoms with Crippen LogP contribution in [0.15, 0.2) is 0 Å². The summed E-state index contributed by atoms with van der Waals surface area (Å²) in [4.78, 5) is 12.9. The van der Waals surface area contributed by atoms with E-state index in [1.54, 1.807) is 0 Å². The van der Waals surface area contributed by atoms with E-state index >= 15 is 0 Å². The maximum atomic E-state index is 12.9. The Hall–Kier alpha value is -0.456. The second-order valence-corrected chi connectivity index (χ2v) is 29.1. The first-order valence-electron chi connectivity index (χ1n) is 19.3. The first kappa shape index (κ1) is 45.6. The van der Waals surface area contributed by atoms with Crippen molar-refractivity contribution >= 4 is 22.7 Å². The number of carbonyl (C=O) groups is 1. The van der Waals surface area contributed by atoms with Crippen molar-refractivity contribution in [3.8, 4) is 0 Å². The standard InChI is InChI=1S/C39H81NO6Si2/c1-30(2)28-31(46-48(16,17)38(9,10)11)26-24-22-20-18-19-21-23-25-27-33-34(44-39(12,13)43-33)32(40-35(41)45-36(3,4)5)29-42-47(14,15)37(6,7)8/h30-34H,18-29H2,1-17H3,(H,40,41)/t31-,32-,33+,34-/m0/s1. The van der Waals surface area contributed by atoms with Crippen LogP contribution in [-0.4, -0.2) is 65.1 Å². The molecule has 7 nitrogen and oxygen atoms in total. The number of unbranched alkanes of at least 4 members (excludes halogenated alkanes) is 7. The number of ether oxygens (including phenoxy) is 3. The summed E-state index contributed by atoms with van der Waals surface area (Å²) in [6.45, 7) is 37.5. The fourth-order valence-electron chi connectivity index (χ4n) is 5.74. The monoisotopic (exact) mass is 716 g/mol. The summed E-state index contributed by atoms with van der Waals surface area (Å²) in [5.41, 5.74) is -0.587. The Kier molecular flexibility index (Phi) is 17.9. The van der Waals surface area contributed by atoms with Gasteiger partial charge >= 0.3 is 6.09 Å². The number of hydrogen-bond donors (Lipinski definition) is 1. The zero-order chi connectivity index (χ0) is 37.2. The number of alkyl carbamates (subject to hydrolysis) is 1. The van der Waals surface area contributed by atoms with Gasteiger partial charge in [0.05, 0.1) is 18.8 Å². The van der Waals surface area contributed by atoms with Gasteiger partial charge in [0.2, 0.25) is 0 Å². The van der Waals surface area contributed by atoms with Crippen LogP contribution in [0.2, 0.25) is 36.3 Å². The Bertz CT molecular complexity index is 932. The minimum Gasteiger partial charge on any atom is -0.444 e. The molecule has 0 aromatic rings. The lowest BCUT2D eigenvalue weighted by molar-refractivity contribution is -0.149. The van der Waals surface area contributed by atoms with Crippen LogP contribution in [0.25, 0.3) is 0 Å². The smallest absolute Gasteiger partial charge is 0.408 e. The summed E-state index contributed by atoms with van der Waals surface area (Å²) in [6, 6.07) is -0.367. The summed E-state index contributed by atoms with van der Waals surface area (Å²) in [6.07, 6.45) is 12.7. The normalized spacial score (nSPS) is 20.6. The van der Waals surface area contributed by atoms with Crippen molar-refractivity contribution in [2.24, 2.45) is 5.92 Å². The van der Waals surface area contributed by atoms with Gasteiger partial charge in [-0.05, 0) is 96.1 Å². The van der Waals surface area contributed by atoms with Gasteiger partial charge in [-0.25, -0.2) is 4.79 Å². The van der Waals surface area contributed by atoms with Gasteiger partial charge in [0.1, 0.15) is 11.7 Å². The molecule has 0 aromatic carbocycles. The van der Waals surface area contributed by atoms with Gasteiger partial charge in [0, 0.05) is 6.10 Å². The highest BCUT2D eigenvalue weighted by molar-refractivity contribution is 6.74. The van der Waals surface area contributed by atoms with E-state index in [4.69, 9.17) is 23.1 Å². The van der Waals surface area contributed by atoms with Gasteiger partial charge in [0.15, 0.2) is 22.4 Å². The van der Waals surface area contributed by atoms with Gasteiger partial charge in [-0.3, -0.25) is 0 Å². The summed E-state index contributed by atoms with van der Waals surface area (Å²) in [7, 11) is -3.79. The molecular weight excluding hydrogens is 635 g/mol. The van der Waals surface area contributed by atoms with Crippen molar-refractivity contribution < 1.29 is 27.9 Å². The van der Waals surface area contributed by atoms with Crippen LogP contribution >= 0.6 is 0 Å². The molecule has 0 radical (unpaired) electrons. The first-order chi connectivity index (χ1) is 21.7. The summed E-state index contributed by atoms with van der Waals surface area (Å²) in [5, 5.41) is 3.42. The molecule has 1 N–H and O–H groups in total. The average molecular weight is 716 g/mol. The molecule has 1 aliphatic rings. The highest BCUT2D eigenvalue weighted by atomic mass is 28.4. The summed E-state index contributed by atoms with van der Waals surface area (Å²) < 4.78 is 31.9. The van der Waals surface area contributed by atoms with Crippen LogP contribution in [0.5, 0.6) is 0 Å². The van der Waals surface area contributed by atoms with Crippen molar-refractivity contribution in [1.82, 2.24) is 5.32 Å². The van der Waals surface area contributed by atoms with Crippen LogP contribution in [0, 0.1) is 5.92 Å². The average Bonchev–Trinajstić information content (AvgIpc) is 3.18. The van der Waals surface area contributed by atoms with Crippen molar-refractivity contribution in [3.63, 3.8) is 0 Å². The fourth-order valence-corrected chi connectivity index (χ4v) is 8.17. The van der Waals surface area contributed by atoms with Crippen molar-refractivity contribution in [3.05, 3.63) is 0 Å². The van der Waals surface area contributed by atoms with Crippen LogP contribution in [-0.2, 0) is 23.1 Å². The predicted molar refractivity (Wildman–Crippen MR) is 208 cm³/mol. The highest BCUT2D eigenvalue weighted by Crippen LogP contribution is 2.39. The lowest BCUT2D eigenvalue weighted by Gasteiger charge is -2.40. The van der Waals surface area contributed by atoms with E-state index in [1.807, 2.05) is 34.6 Å². The van der Waals surface area contributed by atoms with E-state index in [-0.39, 0.29) is 28.3 Å². The van der Waals surface area contributed by atoms with E-state index in [9.17, 15) is 4.79 Å². The number of amides is 1. The molecule has 0 aromatic heterocycles. The van der Waals surface area contributed by atoms with Crippen LogP contribution in [0.4, 0.5) is 4.79 Å². The quantitative estimate of drug-likeness (QED) is 0.0999. The predicted octanol–water partition coefficient (Wildman–Crippen LogP) is 11.8. The van der Waals surface area contributed by atoms with E-state index < -0.39 is 34.1 Å². The number of nitrogens with one attached hydrogen (secondary N) is 1. The molecule has 1 heterocycles. The molecule has 9 heteroatoms. The molecule has 0 bridgehead atoms. The molecule has 0 spiro atoms. The first-order valence-corrected chi connectivity index (χ1v) is 25.1. The van der Waals surface area contributed by atoms with Gasteiger partial charge < -0.3 is 28.4 Å². The van der Waals surface area contributed by atoms with E-state index in [2.05, 4.69) is 86.9 Å². The molecule has 1 saturated heterocycles. The lowest BCUT2D eigenvalue weighted by Crippen LogP contribution is -2.54. The van der Waals surface area contributed by atoms with Crippen molar-refractivity contribution in [2.45, 2.75) is 233 Å². The second-order valence-electron chi connectivity index (χ2n) is 19.5. The Morgan fingerprint density at radius 3 is 1.75 bits per heavy atom. The van der Waals surface area contributed by atoms with Crippen LogP contribution in [0.3, 0.4) is 0 Å². The van der Waals surface area contributed by atoms with E-state index in [0.717, 1.165) is 12.8 Å². The SMILES string of the molecule is CC(C)C[C@H](CCCCCCCCCC[C@H]1OC(C)(C)O[C@H]1[C@H](CO[Si](C)(C)C(C)(C)C)NC(=O)OC(C)(C)C)O[Si](C)(C)C(C)(C)C. The molecule has 4 atom stereocenters. The van der Waals surface area contributed by atoms with Crippen LogP contribution < -0.4 is 5.32 Å². The maximum Gasteiger partial charge on any atom is 0.408 e. The van der Waals surface area contributed by atoms with Gasteiger partial charge in [-0.1, -0.05) is 107 Å². The molecule has 0 unspecified atom stereocenters. The molecule has 1 rings (SSSR count). The van der Waals surface area contributed by atoms with E-state index in [0.29, 0.717) is 18.6 Å². The second kappa shape index (κ2) is 18.9. The van der Waals surface area contributed by atoms with Crippen LogP contribution in [0.1, 0.15) is 161 Å². The van der Waals surface area contributed by atoms with Crippen molar-refractivity contribution in [1.29, 1.82) is 0 Å². The highest BCUT2D eigenvalue weighted by Gasteiger charge is 2.47. The third-order valence-electron chi connectivity index (χ3n) is 10.5. The van der Waals surface area contributed by atoms with Crippen molar-refractivity contribution in [2.75, 3.05) is 6.61 Å². The number of hydrogen-bond acceptors (Lipinski definition) is 6. The third-order valence-corrected chi connectivity index (χ3v) is 19.6. The number of carbonyl (C=O) groups excluding carboxylic acids is 1. The summed E-state index contributed by atoms with van der Waals surface area (Å²) in [5.74, 6) is -0.0468. The summed E-state index contributed by atoms with van der Waals surface area (Å²) >= 11 is 0. The molecule has 0 aliphatic carbocycles. The third kappa shape index (κ3) is 17.2. The van der Waals surface area contributed by atoms with E-state index in [1.165, 1.54) is 57.8 Å². The number of rotatable bonds is 20. The largest absolute Gasteiger partial charge is 0.444 e.